The number of hydrogen-bond acceptors (Lipinski definition) is 3. The molecule has 21 heavy (non-hydrogen) atoms. The van der Waals surface area contributed by atoms with Gasteiger partial charge in [0.2, 0.25) is 0 Å². The number of carboxylic acid groups (broad SMARTS) is 1. The summed E-state index contributed by atoms with van der Waals surface area (Å²) in [5.41, 5.74) is 1.25. The zero-order valence-corrected chi connectivity index (χ0v) is 12.5. The van der Waals surface area contributed by atoms with Crippen molar-refractivity contribution < 1.29 is 14.3 Å². The van der Waals surface area contributed by atoms with Gasteiger partial charge in [-0.3, -0.25) is 0 Å². The van der Waals surface area contributed by atoms with E-state index in [0.29, 0.717) is 10.6 Å². The third kappa shape index (κ3) is 2.94. The normalized spacial score (nSPS) is 10.9. The van der Waals surface area contributed by atoms with E-state index in [0.717, 1.165) is 5.56 Å². The number of carbonyl (C=O) groups is 1. The lowest BCUT2D eigenvalue weighted by Gasteiger charge is -2.04. The fourth-order valence-electron chi connectivity index (χ4n) is 2.05. The Hall–Kier alpha value is -1.85. The topological polar surface area (TPSA) is 37.3 Å². The average Bonchev–Trinajstić information content (AvgIpc) is 2.89. The minimum Gasteiger partial charge on any atom is -0.478 e. The number of benzene rings is 2. The van der Waals surface area contributed by atoms with Crippen LogP contribution in [0.3, 0.4) is 0 Å². The Morgan fingerprint density at radius 2 is 2.05 bits per heavy atom. The van der Waals surface area contributed by atoms with E-state index in [9.17, 15) is 9.18 Å². The zero-order valence-electron chi connectivity index (χ0n) is 10.9. The Bertz CT molecular complexity index is 811. The molecule has 0 saturated heterocycles. The van der Waals surface area contributed by atoms with E-state index in [1.54, 1.807) is 11.3 Å². The first-order valence-corrected chi connectivity index (χ1v) is 8.12. The van der Waals surface area contributed by atoms with Crippen LogP contribution in [0.2, 0.25) is 0 Å². The van der Waals surface area contributed by atoms with Crippen LogP contribution in [0.4, 0.5) is 4.39 Å². The minimum atomic E-state index is -1.04. The molecule has 0 aliphatic rings. The zero-order chi connectivity index (χ0) is 14.8. The maximum absolute atomic E-state index is 13.8. The van der Waals surface area contributed by atoms with Crippen LogP contribution in [-0.2, 0) is 5.75 Å². The number of aromatic carboxylic acids is 1. The second kappa shape index (κ2) is 5.87. The molecule has 1 N–H and O–H groups in total. The number of thiophene rings is 1. The summed E-state index contributed by atoms with van der Waals surface area (Å²) in [7, 11) is 0. The largest absolute Gasteiger partial charge is 0.478 e. The molecule has 0 fully saturated rings. The number of thioether (sulfide) groups is 1. The van der Waals surface area contributed by atoms with E-state index in [-0.39, 0.29) is 11.4 Å². The van der Waals surface area contributed by atoms with E-state index < -0.39 is 5.97 Å². The molecule has 1 heterocycles. The standard InChI is InChI=1S/C16H11FO2S2/c17-13-6-5-10(16(18)19)7-15(13)21-9-11-8-20-14-4-2-1-3-12(11)14/h1-8H,9H2,(H,18,19). The molecule has 0 aliphatic heterocycles. The van der Waals surface area contributed by atoms with Crippen molar-refractivity contribution in [3.8, 4) is 0 Å². The molecule has 3 rings (SSSR count). The lowest BCUT2D eigenvalue weighted by molar-refractivity contribution is 0.0696. The Morgan fingerprint density at radius 3 is 2.86 bits per heavy atom. The summed E-state index contributed by atoms with van der Waals surface area (Å²) in [5, 5.41) is 12.2. The van der Waals surface area contributed by atoms with Gasteiger partial charge in [-0.15, -0.1) is 23.1 Å². The SMILES string of the molecule is O=C(O)c1ccc(F)c(SCc2csc3ccccc23)c1. The molecule has 0 unspecified atom stereocenters. The van der Waals surface area contributed by atoms with Gasteiger partial charge in [-0.05, 0) is 40.6 Å². The molecule has 0 amide bonds. The van der Waals surface area contributed by atoms with Crippen molar-refractivity contribution in [2.45, 2.75) is 10.6 Å². The molecule has 2 nitrogen and oxygen atoms in total. The molecule has 0 radical (unpaired) electrons. The van der Waals surface area contributed by atoms with Crippen molar-refractivity contribution in [1.82, 2.24) is 0 Å². The molecule has 0 aliphatic carbocycles. The van der Waals surface area contributed by atoms with E-state index in [1.165, 1.54) is 40.0 Å². The summed E-state index contributed by atoms with van der Waals surface area (Å²) in [6.45, 7) is 0. The highest BCUT2D eigenvalue weighted by atomic mass is 32.2. The van der Waals surface area contributed by atoms with Crippen LogP contribution in [0.5, 0.6) is 0 Å². The quantitative estimate of drug-likeness (QED) is 0.685. The molecule has 1 aromatic heterocycles. The fourth-order valence-corrected chi connectivity index (χ4v) is 4.08. The van der Waals surface area contributed by atoms with Gasteiger partial charge in [-0.1, -0.05) is 18.2 Å². The number of rotatable bonds is 4. The van der Waals surface area contributed by atoms with Crippen LogP contribution in [0.1, 0.15) is 15.9 Å². The van der Waals surface area contributed by atoms with E-state index in [2.05, 4.69) is 11.4 Å². The van der Waals surface area contributed by atoms with Crippen LogP contribution >= 0.6 is 23.1 Å². The maximum atomic E-state index is 13.8. The lowest BCUT2D eigenvalue weighted by atomic mass is 10.2. The highest BCUT2D eigenvalue weighted by Crippen LogP contribution is 2.32. The first-order valence-electron chi connectivity index (χ1n) is 6.26. The predicted molar refractivity (Wildman–Crippen MR) is 84.7 cm³/mol. The smallest absolute Gasteiger partial charge is 0.335 e. The Kier molecular flexibility index (Phi) is 3.94. The molecule has 106 valence electrons. The molecule has 5 heteroatoms. The van der Waals surface area contributed by atoms with Gasteiger partial charge in [0.1, 0.15) is 5.82 Å². The van der Waals surface area contributed by atoms with Crippen molar-refractivity contribution in [2.75, 3.05) is 0 Å². The molecule has 0 bridgehead atoms. The molecular weight excluding hydrogens is 307 g/mol. The predicted octanol–water partition coefficient (Wildman–Crippen LogP) is 5.03. The summed E-state index contributed by atoms with van der Waals surface area (Å²) in [6, 6.07) is 11.9. The monoisotopic (exact) mass is 318 g/mol. The highest BCUT2D eigenvalue weighted by molar-refractivity contribution is 7.98. The highest BCUT2D eigenvalue weighted by Gasteiger charge is 2.10. The molecule has 0 saturated carbocycles. The third-order valence-electron chi connectivity index (χ3n) is 3.12. The van der Waals surface area contributed by atoms with Gasteiger partial charge in [0, 0.05) is 15.3 Å². The lowest BCUT2D eigenvalue weighted by Crippen LogP contribution is -1.97. The Morgan fingerprint density at radius 1 is 1.24 bits per heavy atom. The molecule has 0 atom stereocenters. The van der Waals surface area contributed by atoms with E-state index >= 15 is 0 Å². The fraction of sp³-hybridized carbons (Fsp3) is 0.0625. The summed E-state index contributed by atoms with van der Waals surface area (Å²) >= 11 is 2.98. The summed E-state index contributed by atoms with van der Waals surface area (Å²) < 4.78 is 15.0. The summed E-state index contributed by atoms with van der Waals surface area (Å²) in [4.78, 5) is 11.3. The van der Waals surface area contributed by atoms with E-state index in [1.807, 2.05) is 18.2 Å². The van der Waals surface area contributed by atoms with Gasteiger partial charge in [-0.25, -0.2) is 9.18 Å². The number of carboxylic acids is 1. The average molecular weight is 318 g/mol. The maximum Gasteiger partial charge on any atom is 0.335 e. The third-order valence-corrected chi connectivity index (χ3v) is 5.21. The van der Waals surface area contributed by atoms with Crippen molar-refractivity contribution >= 4 is 39.2 Å². The van der Waals surface area contributed by atoms with Crippen molar-refractivity contribution in [3.05, 3.63) is 64.8 Å². The number of hydrogen-bond donors (Lipinski definition) is 1. The van der Waals surface area contributed by atoms with Gasteiger partial charge >= 0.3 is 5.97 Å². The summed E-state index contributed by atoms with van der Waals surface area (Å²) in [6.07, 6.45) is 0. The first-order chi connectivity index (χ1) is 10.1. The van der Waals surface area contributed by atoms with Crippen LogP contribution in [-0.4, -0.2) is 11.1 Å². The Labute approximate surface area is 129 Å². The van der Waals surface area contributed by atoms with Gasteiger partial charge < -0.3 is 5.11 Å². The van der Waals surface area contributed by atoms with Crippen LogP contribution in [0, 0.1) is 5.82 Å². The molecule has 3 aromatic rings. The number of fused-ring (bicyclic) bond motifs is 1. The molecule has 2 aromatic carbocycles. The minimum absolute atomic E-state index is 0.106. The van der Waals surface area contributed by atoms with Gasteiger partial charge in [0.05, 0.1) is 5.56 Å². The number of halogens is 1. The molecule has 0 spiro atoms. The van der Waals surface area contributed by atoms with Crippen molar-refractivity contribution in [3.63, 3.8) is 0 Å². The summed E-state index contributed by atoms with van der Waals surface area (Å²) in [5.74, 6) is -0.813. The van der Waals surface area contributed by atoms with Crippen molar-refractivity contribution in [2.24, 2.45) is 0 Å². The Balaban J connectivity index is 1.84. The van der Waals surface area contributed by atoms with Crippen molar-refractivity contribution in [1.29, 1.82) is 0 Å². The first kappa shape index (κ1) is 14.1. The second-order valence-electron chi connectivity index (χ2n) is 4.50. The van der Waals surface area contributed by atoms with Crippen LogP contribution in [0.15, 0.2) is 52.7 Å². The van der Waals surface area contributed by atoms with Crippen LogP contribution in [0.25, 0.3) is 10.1 Å². The van der Waals surface area contributed by atoms with Gasteiger partial charge in [0.25, 0.3) is 0 Å². The van der Waals surface area contributed by atoms with Crippen LogP contribution < -0.4 is 0 Å². The van der Waals surface area contributed by atoms with E-state index in [4.69, 9.17) is 5.11 Å². The van der Waals surface area contributed by atoms with Gasteiger partial charge in [-0.2, -0.15) is 0 Å². The van der Waals surface area contributed by atoms with Gasteiger partial charge in [0.15, 0.2) is 0 Å². The molecular formula is C16H11FO2S2. The second-order valence-corrected chi connectivity index (χ2v) is 6.42.